The third-order valence-electron chi connectivity index (χ3n) is 1.54. The van der Waals surface area contributed by atoms with Gasteiger partial charge in [0, 0.05) is 13.0 Å². The molecule has 0 rings (SSSR count). The van der Waals surface area contributed by atoms with E-state index in [1.807, 2.05) is 28.1 Å². The first-order valence-corrected chi connectivity index (χ1v) is 3.52. The third-order valence-corrected chi connectivity index (χ3v) is 1.54. The molecule has 0 radical (unpaired) electrons. The lowest BCUT2D eigenvalue weighted by Gasteiger charge is -2.29. The van der Waals surface area contributed by atoms with E-state index in [1.54, 1.807) is 0 Å². The van der Waals surface area contributed by atoms with Crippen LogP contribution in [0.2, 0.25) is 0 Å². The van der Waals surface area contributed by atoms with Crippen molar-refractivity contribution in [2.24, 2.45) is 0 Å². The Labute approximate surface area is 91.0 Å². The summed E-state index contributed by atoms with van der Waals surface area (Å²) in [6.45, 7) is 5.16. The first kappa shape index (κ1) is 14.4. The summed E-state index contributed by atoms with van der Waals surface area (Å²) in [6.07, 6.45) is 1.03. The first-order chi connectivity index (χ1) is 4.88. The third kappa shape index (κ3) is 5.54. The molecule has 0 aromatic heterocycles. The minimum absolute atomic E-state index is 0. The molecule has 12 heavy (non-hydrogen) atoms. The molecule has 0 amide bonds. The Morgan fingerprint density at radius 2 is 1.92 bits per heavy atom. The Balaban J connectivity index is 0. The van der Waals surface area contributed by atoms with Crippen LogP contribution in [0.15, 0.2) is 12.7 Å². The van der Waals surface area contributed by atoms with Crippen molar-refractivity contribution in [2.75, 3.05) is 21.1 Å². The van der Waals surface area contributed by atoms with Crippen LogP contribution in [-0.2, 0) is 9.53 Å². The molecule has 1 unspecified atom stereocenters. The largest absolute Gasteiger partial charge is 1.00 e. The molecular weight excluding hydrogens is 269 g/mol. The highest BCUT2D eigenvalue weighted by Gasteiger charge is 2.20. The summed E-state index contributed by atoms with van der Waals surface area (Å²) >= 11 is 0. The average Bonchev–Trinajstić information content (AvgIpc) is 1.85. The second kappa shape index (κ2) is 5.53. The standard InChI is InChI=1S/C8H16NO2.HI/c1-6-8(10)11-7(2)9(3,4)5;/h6-7H,1H2,2-5H3;1H/q+1;/p-1. The maximum absolute atomic E-state index is 10.7. The zero-order valence-corrected chi connectivity index (χ0v) is 10.2. The van der Waals surface area contributed by atoms with Crippen molar-refractivity contribution >= 4 is 5.97 Å². The van der Waals surface area contributed by atoms with Crippen molar-refractivity contribution in [3.05, 3.63) is 12.7 Å². The van der Waals surface area contributed by atoms with Gasteiger partial charge >= 0.3 is 5.97 Å². The molecule has 0 aliphatic heterocycles. The number of quaternary nitrogens is 1. The Morgan fingerprint density at radius 3 is 2.17 bits per heavy atom. The second-order valence-corrected chi connectivity index (χ2v) is 3.36. The van der Waals surface area contributed by atoms with Gasteiger partial charge in [0.1, 0.15) is 0 Å². The summed E-state index contributed by atoms with van der Waals surface area (Å²) in [7, 11) is 5.88. The smallest absolute Gasteiger partial charge is 0.334 e. The maximum atomic E-state index is 10.7. The predicted molar refractivity (Wildman–Crippen MR) is 43.8 cm³/mol. The Bertz CT molecular complexity index is 163. The average molecular weight is 285 g/mol. The molecule has 0 spiro atoms. The van der Waals surface area contributed by atoms with E-state index in [4.69, 9.17) is 4.74 Å². The molecule has 1 atom stereocenters. The number of hydrogen-bond donors (Lipinski definition) is 0. The van der Waals surface area contributed by atoms with Gasteiger partial charge in [-0.2, -0.15) is 0 Å². The summed E-state index contributed by atoms with van der Waals surface area (Å²) in [5.41, 5.74) is 0. The molecular formula is C8H16INO2. The fourth-order valence-corrected chi connectivity index (χ4v) is 0.374. The number of hydrogen-bond acceptors (Lipinski definition) is 2. The van der Waals surface area contributed by atoms with Gasteiger partial charge in [-0.05, 0) is 0 Å². The molecule has 72 valence electrons. The van der Waals surface area contributed by atoms with Crippen LogP contribution in [0.3, 0.4) is 0 Å². The zero-order chi connectivity index (χ0) is 9.07. The quantitative estimate of drug-likeness (QED) is 0.193. The molecule has 0 aromatic rings. The van der Waals surface area contributed by atoms with E-state index >= 15 is 0 Å². The van der Waals surface area contributed by atoms with Crippen molar-refractivity contribution in [3.63, 3.8) is 0 Å². The van der Waals surface area contributed by atoms with Crippen molar-refractivity contribution in [1.82, 2.24) is 0 Å². The summed E-state index contributed by atoms with van der Waals surface area (Å²) < 4.78 is 5.58. The Morgan fingerprint density at radius 1 is 1.50 bits per heavy atom. The number of esters is 1. The molecule has 0 aliphatic carbocycles. The van der Waals surface area contributed by atoms with Crippen LogP contribution in [-0.4, -0.2) is 37.8 Å². The van der Waals surface area contributed by atoms with Crippen molar-refractivity contribution < 1.29 is 38.0 Å². The van der Waals surface area contributed by atoms with Crippen molar-refractivity contribution in [3.8, 4) is 0 Å². The van der Waals surface area contributed by atoms with Gasteiger partial charge in [0.05, 0.1) is 21.1 Å². The van der Waals surface area contributed by atoms with E-state index in [0.29, 0.717) is 4.48 Å². The van der Waals surface area contributed by atoms with Gasteiger partial charge in [-0.1, -0.05) is 6.58 Å². The van der Waals surface area contributed by atoms with Gasteiger partial charge in [-0.15, -0.1) is 0 Å². The molecule has 0 heterocycles. The zero-order valence-electron chi connectivity index (χ0n) is 8.00. The molecule has 0 fully saturated rings. The van der Waals surface area contributed by atoms with E-state index < -0.39 is 0 Å². The lowest BCUT2D eigenvalue weighted by atomic mass is 10.5. The van der Waals surface area contributed by atoms with Crippen LogP contribution in [0, 0.1) is 0 Å². The number of carbonyl (C=O) groups excluding carboxylic acids is 1. The van der Waals surface area contributed by atoms with E-state index in [-0.39, 0.29) is 36.2 Å². The maximum Gasteiger partial charge on any atom is 0.334 e. The SMILES string of the molecule is C=CC(=O)OC(C)[N+](C)(C)C.[I-]. The highest BCUT2D eigenvalue weighted by molar-refractivity contribution is 5.81. The molecule has 0 saturated heterocycles. The molecule has 0 bridgehead atoms. The van der Waals surface area contributed by atoms with E-state index in [0.717, 1.165) is 0 Å². The fourth-order valence-electron chi connectivity index (χ4n) is 0.374. The van der Waals surface area contributed by atoms with Gasteiger partial charge in [0.15, 0.2) is 0 Å². The monoisotopic (exact) mass is 285 g/mol. The number of halogens is 1. The van der Waals surface area contributed by atoms with Gasteiger partial charge in [-0.25, -0.2) is 4.79 Å². The van der Waals surface area contributed by atoms with E-state index in [9.17, 15) is 4.79 Å². The summed E-state index contributed by atoms with van der Waals surface area (Å²) in [6, 6.07) is 0. The van der Waals surface area contributed by atoms with Gasteiger partial charge in [-0.3, -0.25) is 4.48 Å². The normalized spacial score (nSPS) is 12.7. The molecule has 4 heteroatoms. The molecule has 0 saturated carbocycles. The predicted octanol–water partition coefficient (Wildman–Crippen LogP) is -2.23. The highest BCUT2D eigenvalue weighted by atomic mass is 127. The second-order valence-electron chi connectivity index (χ2n) is 3.36. The Kier molecular flexibility index (Phi) is 6.65. The lowest BCUT2D eigenvalue weighted by Crippen LogP contribution is -3.00. The van der Waals surface area contributed by atoms with Gasteiger partial charge < -0.3 is 28.7 Å². The van der Waals surface area contributed by atoms with Gasteiger partial charge in [0.25, 0.3) is 0 Å². The van der Waals surface area contributed by atoms with Crippen LogP contribution >= 0.6 is 0 Å². The molecule has 0 N–H and O–H groups in total. The molecule has 3 nitrogen and oxygen atoms in total. The highest BCUT2D eigenvalue weighted by Crippen LogP contribution is 2.03. The minimum Gasteiger partial charge on any atom is -1.00 e. The van der Waals surface area contributed by atoms with Crippen LogP contribution < -0.4 is 24.0 Å². The fraction of sp³-hybridized carbons (Fsp3) is 0.625. The Hall–Kier alpha value is -0.100. The number of rotatable bonds is 3. The summed E-state index contributed by atoms with van der Waals surface area (Å²) in [5, 5.41) is 0. The first-order valence-electron chi connectivity index (χ1n) is 3.52. The van der Waals surface area contributed by atoms with Crippen molar-refractivity contribution in [1.29, 1.82) is 0 Å². The lowest BCUT2D eigenvalue weighted by molar-refractivity contribution is -0.914. The molecule has 0 aliphatic rings. The van der Waals surface area contributed by atoms with Crippen LogP contribution in [0.1, 0.15) is 6.92 Å². The van der Waals surface area contributed by atoms with E-state index in [2.05, 4.69) is 6.58 Å². The summed E-state index contributed by atoms with van der Waals surface area (Å²) in [5.74, 6) is -0.370. The molecule has 0 aromatic carbocycles. The van der Waals surface area contributed by atoms with Crippen LogP contribution in [0.25, 0.3) is 0 Å². The summed E-state index contributed by atoms with van der Waals surface area (Å²) in [4.78, 5) is 10.7. The number of ether oxygens (including phenoxy) is 1. The topological polar surface area (TPSA) is 26.3 Å². The number of nitrogens with zero attached hydrogens (tertiary/aromatic N) is 1. The van der Waals surface area contributed by atoms with Crippen molar-refractivity contribution in [2.45, 2.75) is 13.2 Å². The van der Waals surface area contributed by atoms with E-state index in [1.165, 1.54) is 6.08 Å². The van der Waals surface area contributed by atoms with Crippen LogP contribution in [0.5, 0.6) is 0 Å². The van der Waals surface area contributed by atoms with Gasteiger partial charge in [0.2, 0.25) is 6.23 Å². The van der Waals surface area contributed by atoms with Crippen LogP contribution in [0.4, 0.5) is 0 Å². The minimum atomic E-state index is -0.370. The number of carbonyl (C=O) groups is 1.